The lowest BCUT2D eigenvalue weighted by molar-refractivity contribution is -0.153. The molecule has 0 aliphatic heterocycles. The topological polar surface area (TPSA) is 26.3 Å². The van der Waals surface area contributed by atoms with Crippen LogP contribution in [0.5, 0.6) is 0 Å². The quantitative estimate of drug-likeness (QED) is 0.402. The Hall–Kier alpha value is -0.790. The summed E-state index contributed by atoms with van der Waals surface area (Å²) in [5.41, 5.74) is 1.09. The van der Waals surface area contributed by atoms with Gasteiger partial charge in [0.1, 0.15) is 5.60 Å². The summed E-state index contributed by atoms with van der Waals surface area (Å²) in [7, 11) is 0. The molecule has 1 aliphatic rings. The van der Waals surface area contributed by atoms with Gasteiger partial charge in [0.2, 0.25) is 0 Å². The molecule has 0 radical (unpaired) electrons. The molecule has 0 aromatic carbocycles. The zero-order valence-corrected chi connectivity index (χ0v) is 10.8. The average molecular weight is 224 g/mol. The molecule has 1 fully saturated rings. The lowest BCUT2D eigenvalue weighted by Crippen LogP contribution is -2.23. The minimum Gasteiger partial charge on any atom is -0.460 e. The van der Waals surface area contributed by atoms with E-state index in [1.807, 2.05) is 20.8 Å². The molecule has 1 rings (SSSR count). The van der Waals surface area contributed by atoms with Crippen LogP contribution >= 0.6 is 0 Å². The minimum absolute atomic E-state index is 0.107. The summed E-state index contributed by atoms with van der Waals surface area (Å²) in [5, 5.41) is 0. The maximum atomic E-state index is 11.5. The van der Waals surface area contributed by atoms with Gasteiger partial charge in [-0.2, -0.15) is 0 Å². The molecule has 0 spiro atoms. The molecule has 0 amide bonds. The molecule has 0 aromatic heterocycles. The van der Waals surface area contributed by atoms with Gasteiger partial charge in [-0.15, -0.1) is 0 Å². The minimum atomic E-state index is -0.362. The van der Waals surface area contributed by atoms with E-state index in [0.29, 0.717) is 6.42 Å². The van der Waals surface area contributed by atoms with Crippen molar-refractivity contribution in [3.05, 3.63) is 11.6 Å². The van der Waals surface area contributed by atoms with E-state index in [0.717, 1.165) is 0 Å². The molecule has 1 saturated carbocycles. The molecule has 2 nitrogen and oxygen atoms in total. The second kappa shape index (κ2) is 6.07. The molecule has 1 aliphatic carbocycles. The van der Waals surface area contributed by atoms with E-state index >= 15 is 0 Å². The van der Waals surface area contributed by atoms with Gasteiger partial charge in [0.15, 0.2) is 0 Å². The van der Waals surface area contributed by atoms with Crippen molar-refractivity contribution in [2.24, 2.45) is 0 Å². The number of allylic oxidation sites excluding steroid dienone is 1. The summed E-state index contributed by atoms with van der Waals surface area (Å²) in [6.45, 7) is 5.72. The van der Waals surface area contributed by atoms with Crippen molar-refractivity contribution in [1.29, 1.82) is 0 Å². The molecule has 0 bridgehead atoms. The Kier molecular flexibility index (Phi) is 5.04. The Bertz CT molecular complexity index is 248. The predicted octanol–water partition coefficient (Wildman–Crippen LogP) is 4.00. The van der Waals surface area contributed by atoms with Crippen molar-refractivity contribution >= 4 is 5.97 Å². The van der Waals surface area contributed by atoms with Crippen LogP contribution in [0.4, 0.5) is 0 Å². The van der Waals surface area contributed by atoms with E-state index < -0.39 is 0 Å². The average Bonchev–Trinajstić information content (AvgIpc) is 2.39. The highest BCUT2D eigenvalue weighted by Gasteiger charge is 2.15. The Labute approximate surface area is 99.1 Å². The maximum Gasteiger partial charge on any atom is 0.310 e. The molecule has 0 aromatic rings. The lowest BCUT2D eigenvalue weighted by Gasteiger charge is -2.19. The maximum absolute atomic E-state index is 11.5. The normalized spacial score (nSPS) is 17.8. The Morgan fingerprint density at radius 1 is 1.19 bits per heavy atom. The highest BCUT2D eigenvalue weighted by Crippen LogP contribution is 2.22. The third-order valence-electron chi connectivity index (χ3n) is 2.72. The van der Waals surface area contributed by atoms with Crippen LogP contribution < -0.4 is 0 Å². The van der Waals surface area contributed by atoms with E-state index in [2.05, 4.69) is 6.08 Å². The summed E-state index contributed by atoms with van der Waals surface area (Å²) in [4.78, 5) is 11.5. The van der Waals surface area contributed by atoms with Crippen molar-refractivity contribution in [2.75, 3.05) is 0 Å². The molecule has 0 N–H and O–H groups in total. The number of rotatable bonds is 2. The third kappa shape index (κ3) is 5.94. The first-order valence-corrected chi connectivity index (χ1v) is 6.37. The van der Waals surface area contributed by atoms with Crippen LogP contribution in [0.2, 0.25) is 0 Å². The fraction of sp³-hybridized carbons (Fsp3) is 0.786. The van der Waals surface area contributed by atoms with Crippen molar-refractivity contribution in [3.8, 4) is 0 Å². The molecule has 0 heterocycles. The highest BCUT2D eigenvalue weighted by molar-refractivity contribution is 5.71. The van der Waals surface area contributed by atoms with Gasteiger partial charge in [-0.05, 0) is 46.5 Å². The van der Waals surface area contributed by atoms with Gasteiger partial charge < -0.3 is 4.74 Å². The van der Waals surface area contributed by atoms with Crippen LogP contribution in [-0.2, 0) is 9.53 Å². The van der Waals surface area contributed by atoms with Crippen LogP contribution in [0, 0.1) is 0 Å². The van der Waals surface area contributed by atoms with E-state index in [1.165, 1.54) is 44.1 Å². The van der Waals surface area contributed by atoms with Crippen molar-refractivity contribution in [3.63, 3.8) is 0 Å². The summed E-state index contributed by atoms with van der Waals surface area (Å²) in [5.74, 6) is -0.107. The summed E-state index contributed by atoms with van der Waals surface area (Å²) in [6, 6.07) is 0. The van der Waals surface area contributed by atoms with Crippen LogP contribution in [0.1, 0.15) is 65.7 Å². The smallest absolute Gasteiger partial charge is 0.310 e. The van der Waals surface area contributed by atoms with Crippen LogP contribution in [0.15, 0.2) is 11.6 Å². The van der Waals surface area contributed by atoms with Gasteiger partial charge in [-0.1, -0.05) is 24.5 Å². The number of esters is 1. The molecule has 2 heteroatoms. The number of carbonyl (C=O) groups is 1. The fourth-order valence-corrected chi connectivity index (χ4v) is 2.00. The number of hydrogen-bond donors (Lipinski definition) is 0. The fourth-order valence-electron chi connectivity index (χ4n) is 2.00. The molecular weight excluding hydrogens is 200 g/mol. The van der Waals surface area contributed by atoms with E-state index in [-0.39, 0.29) is 11.6 Å². The number of ether oxygens (including phenoxy) is 1. The second-order valence-electron chi connectivity index (χ2n) is 5.57. The van der Waals surface area contributed by atoms with E-state index in [1.54, 1.807) is 0 Å². The monoisotopic (exact) mass is 224 g/mol. The predicted molar refractivity (Wildman–Crippen MR) is 66.2 cm³/mol. The molecule has 92 valence electrons. The van der Waals surface area contributed by atoms with Gasteiger partial charge in [0.25, 0.3) is 0 Å². The first-order chi connectivity index (χ1) is 7.47. The van der Waals surface area contributed by atoms with Crippen LogP contribution in [0.3, 0.4) is 0 Å². The van der Waals surface area contributed by atoms with Crippen molar-refractivity contribution in [1.82, 2.24) is 0 Å². The van der Waals surface area contributed by atoms with Gasteiger partial charge in [-0.25, -0.2) is 0 Å². The lowest BCUT2D eigenvalue weighted by atomic mass is 10.1. The molecule has 0 unspecified atom stereocenters. The second-order valence-corrected chi connectivity index (χ2v) is 5.57. The van der Waals surface area contributed by atoms with E-state index in [9.17, 15) is 4.79 Å². The van der Waals surface area contributed by atoms with Gasteiger partial charge in [-0.3, -0.25) is 4.79 Å². The largest absolute Gasteiger partial charge is 0.460 e. The van der Waals surface area contributed by atoms with Crippen molar-refractivity contribution < 1.29 is 9.53 Å². The zero-order valence-electron chi connectivity index (χ0n) is 10.8. The van der Waals surface area contributed by atoms with Crippen molar-refractivity contribution in [2.45, 2.75) is 71.3 Å². The first-order valence-electron chi connectivity index (χ1n) is 6.37. The number of carbonyl (C=O) groups excluding carboxylic acids is 1. The molecular formula is C14H24O2. The molecule has 16 heavy (non-hydrogen) atoms. The summed E-state index contributed by atoms with van der Waals surface area (Å²) in [6.07, 6.45) is 10.1. The van der Waals surface area contributed by atoms with Gasteiger partial charge in [0, 0.05) is 0 Å². The summed E-state index contributed by atoms with van der Waals surface area (Å²) >= 11 is 0. The molecule has 0 atom stereocenters. The zero-order chi connectivity index (χ0) is 12.0. The Morgan fingerprint density at radius 2 is 1.75 bits per heavy atom. The SMILES string of the molecule is CC(C)(C)OC(=O)CC=C1CCCCCC1. The van der Waals surface area contributed by atoms with Gasteiger partial charge >= 0.3 is 5.97 Å². The standard InChI is InChI=1S/C14H24O2/c1-14(2,3)16-13(15)11-10-12-8-6-4-5-7-9-12/h10H,4-9,11H2,1-3H3. The van der Waals surface area contributed by atoms with Crippen LogP contribution in [-0.4, -0.2) is 11.6 Å². The third-order valence-corrected chi connectivity index (χ3v) is 2.72. The van der Waals surface area contributed by atoms with E-state index in [4.69, 9.17) is 4.74 Å². The molecule has 0 saturated heterocycles. The Morgan fingerprint density at radius 3 is 2.25 bits per heavy atom. The highest BCUT2D eigenvalue weighted by atomic mass is 16.6. The number of hydrogen-bond acceptors (Lipinski definition) is 2. The van der Waals surface area contributed by atoms with Crippen LogP contribution in [0.25, 0.3) is 0 Å². The first kappa shape index (κ1) is 13.3. The summed E-state index contributed by atoms with van der Waals surface area (Å²) < 4.78 is 5.28. The van der Waals surface area contributed by atoms with Gasteiger partial charge in [0.05, 0.1) is 6.42 Å². The Balaban J connectivity index is 2.36.